The number of nitrogens with zero attached hydrogens (tertiary/aromatic N) is 1. The molecule has 0 amide bonds. The number of methoxy groups -OCH3 is 1. The molecule has 0 radical (unpaired) electrons. The minimum atomic E-state index is -3.10. The van der Waals surface area contributed by atoms with E-state index in [0.29, 0.717) is 0 Å². The third kappa shape index (κ3) is 2.17. The molecule has 0 aromatic carbocycles. The summed E-state index contributed by atoms with van der Waals surface area (Å²) >= 11 is 0. The monoisotopic (exact) mass is 203 g/mol. The van der Waals surface area contributed by atoms with E-state index in [0.717, 1.165) is 0 Å². The molecule has 5 heteroatoms. The number of rotatable bonds is 4. The molecule has 0 saturated carbocycles. The fourth-order valence-electron chi connectivity index (χ4n) is 1.11. The summed E-state index contributed by atoms with van der Waals surface area (Å²) in [6, 6.07) is 2.64. The van der Waals surface area contributed by atoms with Crippen LogP contribution in [0.25, 0.3) is 0 Å². The van der Waals surface area contributed by atoms with Gasteiger partial charge < -0.3 is 9.84 Å². The third-order valence-electron chi connectivity index (χ3n) is 1.78. The Bertz CT molecular complexity index is 305. The fraction of sp³-hybridized carbons (Fsp3) is 0.444. The number of pyridine rings is 1. The number of aliphatic hydroxyl groups excluding tert-OH is 1. The number of aromatic nitrogens is 1. The molecule has 0 fully saturated rings. The first-order valence-electron chi connectivity index (χ1n) is 4.10. The van der Waals surface area contributed by atoms with Crippen LogP contribution < -0.4 is 4.74 Å². The summed E-state index contributed by atoms with van der Waals surface area (Å²) in [6.45, 7) is -0.578. The molecule has 0 atom stereocenters. The second-order valence-corrected chi connectivity index (χ2v) is 2.74. The summed E-state index contributed by atoms with van der Waals surface area (Å²) in [5.74, 6) is -3.21. The number of hydrogen-bond donors (Lipinski definition) is 1. The Labute approximate surface area is 80.3 Å². The van der Waals surface area contributed by atoms with Gasteiger partial charge in [-0.1, -0.05) is 0 Å². The Hall–Kier alpha value is -1.23. The molecule has 78 valence electrons. The topological polar surface area (TPSA) is 42.4 Å². The van der Waals surface area contributed by atoms with Crippen molar-refractivity contribution in [1.29, 1.82) is 0 Å². The number of ether oxygens (including phenoxy) is 1. The highest BCUT2D eigenvalue weighted by atomic mass is 19.3. The first-order chi connectivity index (χ1) is 6.61. The predicted octanol–water partition coefficient (Wildman–Crippen LogP) is 1.56. The van der Waals surface area contributed by atoms with Crippen LogP contribution in [0.1, 0.15) is 12.0 Å². The number of halogens is 2. The van der Waals surface area contributed by atoms with Crippen molar-refractivity contribution in [2.24, 2.45) is 0 Å². The van der Waals surface area contributed by atoms with E-state index in [9.17, 15) is 8.78 Å². The van der Waals surface area contributed by atoms with E-state index in [1.165, 1.54) is 25.4 Å². The van der Waals surface area contributed by atoms with Gasteiger partial charge >= 0.3 is 0 Å². The summed E-state index contributed by atoms with van der Waals surface area (Å²) in [6.07, 6.45) is 0.742. The van der Waals surface area contributed by atoms with Crippen LogP contribution in [-0.4, -0.2) is 23.8 Å². The van der Waals surface area contributed by atoms with Crippen molar-refractivity contribution in [2.45, 2.75) is 12.3 Å². The van der Waals surface area contributed by atoms with Crippen molar-refractivity contribution in [3.8, 4) is 5.88 Å². The van der Waals surface area contributed by atoms with Crippen molar-refractivity contribution < 1.29 is 18.6 Å². The van der Waals surface area contributed by atoms with Gasteiger partial charge in [-0.15, -0.1) is 0 Å². The van der Waals surface area contributed by atoms with Crippen LogP contribution in [0.15, 0.2) is 18.3 Å². The first kappa shape index (κ1) is 10.8. The standard InChI is InChI=1S/C9H11F2NO2/c1-14-8-7(3-2-5-12-8)9(10,11)4-6-13/h2-3,5,13H,4,6H2,1H3. The van der Waals surface area contributed by atoms with Crippen molar-refractivity contribution in [1.82, 2.24) is 4.98 Å². The first-order valence-corrected chi connectivity index (χ1v) is 4.10. The second-order valence-electron chi connectivity index (χ2n) is 2.74. The Morgan fingerprint density at radius 3 is 2.86 bits per heavy atom. The molecule has 1 heterocycles. The molecule has 14 heavy (non-hydrogen) atoms. The summed E-state index contributed by atoms with van der Waals surface area (Å²) in [5.41, 5.74) is -0.295. The molecule has 0 bridgehead atoms. The van der Waals surface area contributed by atoms with Gasteiger partial charge in [-0.25, -0.2) is 13.8 Å². The predicted molar refractivity (Wildman–Crippen MR) is 46.4 cm³/mol. The van der Waals surface area contributed by atoms with Gasteiger partial charge in [-0.2, -0.15) is 0 Å². The van der Waals surface area contributed by atoms with Gasteiger partial charge in [0.2, 0.25) is 5.88 Å². The zero-order valence-electron chi connectivity index (χ0n) is 7.70. The molecule has 0 unspecified atom stereocenters. The van der Waals surface area contributed by atoms with Crippen molar-refractivity contribution in [3.63, 3.8) is 0 Å². The molecule has 0 saturated heterocycles. The Kier molecular flexibility index (Phi) is 3.35. The number of aliphatic hydroxyl groups is 1. The van der Waals surface area contributed by atoms with E-state index in [2.05, 4.69) is 4.98 Å². The maximum absolute atomic E-state index is 13.3. The molecular formula is C9H11F2NO2. The molecule has 0 aliphatic rings. The van der Waals surface area contributed by atoms with Gasteiger partial charge in [0.05, 0.1) is 12.7 Å². The average molecular weight is 203 g/mol. The lowest BCUT2D eigenvalue weighted by Crippen LogP contribution is -2.16. The highest BCUT2D eigenvalue weighted by Gasteiger charge is 2.34. The second kappa shape index (κ2) is 4.32. The van der Waals surface area contributed by atoms with Crippen LogP contribution >= 0.6 is 0 Å². The van der Waals surface area contributed by atoms with Crippen LogP contribution in [0.4, 0.5) is 8.78 Å². The summed E-state index contributed by atoms with van der Waals surface area (Å²) in [7, 11) is 1.28. The van der Waals surface area contributed by atoms with Crippen LogP contribution in [0.5, 0.6) is 5.88 Å². The van der Waals surface area contributed by atoms with Crippen molar-refractivity contribution in [3.05, 3.63) is 23.9 Å². The molecule has 0 spiro atoms. The van der Waals surface area contributed by atoms with Crippen LogP contribution in [0.2, 0.25) is 0 Å². The van der Waals surface area contributed by atoms with Crippen LogP contribution in [0.3, 0.4) is 0 Å². The number of alkyl halides is 2. The zero-order chi connectivity index (χ0) is 10.6. The maximum atomic E-state index is 13.3. The number of hydrogen-bond acceptors (Lipinski definition) is 3. The SMILES string of the molecule is COc1ncccc1C(F)(F)CCO. The summed E-state index contributed by atoms with van der Waals surface area (Å²) in [5, 5.41) is 8.49. The van der Waals surface area contributed by atoms with E-state index in [-0.39, 0.29) is 11.4 Å². The molecule has 1 aromatic rings. The lowest BCUT2D eigenvalue weighted by molar-refractivity contribution is -0.0292. The van der Waals surface area contributed by atoms with Crippen molar-refractivity contribution >= 4 is 0 Å². The van der Waals surface area contributed by atoms with E-state index in [4.69, 9.17) is 9.84 Å². The van der Waals surface area contributed by atoms with Gasteiger partial charge in [0.1, 0.15) is 0 Å². The molecule has 1 N–H and O–H groups in total. The normalized spacial score (nSPS) is 11.4. The van der Waals surface area contributed by atoms with Gasteiger partial charge in [0, 0.05) is 19.2 Å². The highest BCUT2D eigenvalue weighted by Crippen LogP contribution is 2.35. The third-order valence-corrected chi connectivity index (χ3v) is 1.78. The molecule has 3 nitrogen and oxygen atoms in total. The highest BCUT2D eigenvalue weighted by molar-refractivity contribution is 5.29. The largest absolute Gasteiger partial charge is 0.481 e. The summed E-state index contributed by atoms with van der Waals surface area (Å²) < 4.78 is 31.4. The van der Waals surface area contributed by atoms with E-state index in [1.807, 2.05) is 0 Å². The lowest BCUT2D eigenvalue weighted by atomic mass is 10.1. The average Bonchev–Trinajstić information content (AvgIpc) is 2.18. The maximum Gasteiger partial charge on any atom is 0.280 e. The van der Waals surface area contributed by atoms with Gasteiger partial charge in [-0.05, 0) is 12.1 Å². The quantitative estimate of drug-likeness (QED) is 0.807. The van der Waals surface area contributed by atoms with Gasteiger partial charge in [0.25, 0.3) is 5.92 Å². The van der Waals surface area contributed by atoms with Crippen molar-refractivity contribution in [2.75, 3.05) is 13.7 Å². The van der Waals surface area contributed by atoms with E-state index in [1.54, 1.807) is 0 Å². The summed E-state index contributed by atoms with van der Waals surface area (Å²) in [4.78, 5) is 3.66. The van der Waals surface area contributed by atoms with E-state index >= 15 is 0 Å². The zero-order valence-corrected chi connectivity index (χ0v) is 7.70. The minimum Gasteiger partial charge on any atom is -0.481 e. The molecule has 0 aliphatic carbocycles. The molecule has 1 rings (SSSR count). The minimum absolute atomic E-state index is 0.106. The van der Waals surface area contributed by atoms with E-state index < -0.39 is 19.0 Å². The van der Waals surface area contributed by atoms with Gasteiger partial charge in [-0.3, -0.25) is 0 Å². The Morgan fingerprint density at radius 2 is 2.29 bits per heavy atom. The molecule has 0 aliphatic heterocycles. The fourth-order valence-corrected chi connectivity index (χ4v) is 1.11. The lowest BCUT2D eigenvalue weighted by Gasteiger charge is -2.16. The van der Waals surface area contributed by atoms with Crippen LogP contribution in [0, 0.1) is 0 Å². The Morgan fingerprint density at radius 1 is 1.57 bits per heavy atom. The smallest absolute Gasteiger partial charge is 0.280 e. The van der Waals surface area contributed by atoms with Gasteiger partial charge in [0.15, 0.2) is 0 Å². The molecule has 1 aromatic heterocycles. The Balaban J connectivity index is 3.04. The van der Waals surface area contributed by atoms with Crippen LogP contribution in [-0.2, 0) is 5.92 Å². The molecular weight excluding hydrogens is 192 g/mol.